The Morgan fingerprint density at radius 1 is 1.57 bits per heavy atom. The monoisotopic (exact) mass is 321 g/mol. The van der Waals surface area contributed by atoms with E-state index in [0.29, 0.717) is 12.3 Å². The number of aliphatic hydroxyl groups excluding tert-OH is 1. The number of carbonyl (C=O) groups is 1. The van der Waals surface area contributed by atoms with Gasteiger partial charge in [0.1, 0.15) is 0 Å². The molecule has 1 saturated carbocycles. The molecule has 3 nitrogen and oxygen atoms in total. The van der Waals surface area contributed by atoms with Gasteiger partial charge in [-0.2, -0.15) is 0 Å². The van der Waals surface area contributed by atoms with Crippen LogP contribution in [0.4, 0.5) is 0 Å². The molecular formula is C16H19NO2S2. The van der Waals surface area contributed by atoms with E-state index in [4.69, 9.17) is 0 Å². The maximum Gasteiger partial charge on any atom is 0.227 e. The third kappa shape index (κ3) is 2.05. The smallest absolute Gasteiger partial charge is 0.227 e. The molecule has 2 fully saturated rings. The summed E-state index contributed by atoms with van der Waals surface area (Å²) >= 11 is 3.54. The van der Waals surface area contributed by atoms with E-state index in [1.54, 1.807) is 22.7 Å². The lowest BCUT2D eigenvalue weighted by atomic mass is 10.0. The van der Waals surface area contributed by atoms with E-state index in [9.17, 15) is 9.90 Å². The first-order valence-electron chi connectivity index (χ1n) is 7.52. The van der Waals surface area contributed by atoms with Gasteiger partial charge in [-0.1, -0.05) is 0 Å². The number of aryl methyl sites for hydroxylation is 1. The number of amides is 1. The van der Waals surface area contributed by atoms with Gasteiger partial charge in [-0.15, -0.1) is 22.7 Å². The second-order valence-corrected chi connectivity index (χ2v) is 8.74. The van der Waals surface area contributed by atoms with Crippen LogP contribution in [0, 0.1) is 12.8 Å². The molecule has 0 unspecified atom stereocenters. The normalized spacial score (nSPS) is 27.9. The highest BCUT2D eigenvalue weighted by Gasteiger charge is 2.60. The fourth-order valence-corrected chi connectivity index (χ4v) is 6.10. The standard InChI is InChI=1S/C16H19NO2S2/c1-10-5-13-11(8-20-15(13)21-10)6-14(19)17-4-2-3-12-7-16(12,17)9-18/h5,8,12,18H,2-4,6-7,9H2,1H3/t12-,16-/m1/s1. The fourth-order valence-electron chi connectivity index (χ4n) is 3.83. The molecule has 0 bridgehead atoms. The van der Waals surface area contributed by atoms with Crippen molar-refractivity contribution in [3.05, 3.63) is 21.9 Å². The van der Waals surface area contributed by atoms with E-state index in [1.165, 1.54) is 14.3 Å². The van der Waals surface area contributed by atoms with Gasteiger partial charge in [0.15, 0.2) is 0 Å². The van der Waals surface area contributed by atoms with Crippen LogP contribution in [-0.4, -0.2) is 34.6 Å². The van der Waals surface area contributed by atoms with Gasteiger partial charge in [0.05, 0.1) is 22.6 Å². The molecule has 2 aromatic heterocycles. The largest absolute Gasteiger partial charge is 0.394 e. The van der Waals surface area contributed by atoms with Crippen molar-refractivity contribution in [2.75, 3.05) is 13.2 Å². The van der Waals surface area contributed by atoms with Crippen molar-refractivity contribution >= 4 is 38.0 Å². The summed E-state index contributed by atoms with van der Waals surface area (Å²) < 4.78 is 1.31. The van der Waals surface area contributed by atoms with Gasteiger partial charge in [-0.25, -0.2) is 0 Å². The Kier molecular flexibility index (Phi) is 3.14. The van der Waals surface area contributed by atoms with E-state index in [1.807, 2.05) is 4.90 Å². The number of hydrogen-bond acceptors (Lipinski definition) is 4. The number of hydrogen-bond donors (Lipinski definition) is 1. The topological polar surface area (TPSA) is 40.5 Å². The van der Waals surface area contributed by atoms with Crippen LogP contribution in [0.3, 0.4) is 0 Å². The van der Waals surface area contributed by atoms with E-state index in [2.05, 4.69) is 18.4 Å². The van der Waals surface area contributed by atoms with Crippen molar-refractivity contribution in [1.82, 2.24) is 4.90 Å². The van der Waals surface area contributed by atoms with Gasteiger partial charge in [0.2, 0.25) is 5.91 Å². The molecule has 5 heteroatoms. The van der Waals surface area contributed by atoms with Crippen LogP contribution < -0.4 is 0 Å². The van der Waals surface area contributed by atoms with Crippen molar-refractivity contribution in [3.63, 3.8) is 0 Å². The first-order valence-corrected chi connectivity index (χ1v) is 9.21. The Morgan fingerprint density at radius 2 is 2.43 bits per heavy atom. The Labute approximate surface area is 132 Å². The lowest BCUT2D eigenvalue weighted by molar-refractivity contribution is -0.136. The van der Waals surface area contributed by atoms with Crippen LogP contribution in [-0.2, 0) is 11.2 Å². The minimum absolute atomic E-state index is 0.125. The van der Waals surface area contributed by atoms with Crippen LogP contribution >= 0.6 is 22.7 Å². The number of piperidine rings is 1. The van der Waals surface area contributed by atoms with Gasteiger partial charge in [0, 0.05) is 16.8 Å². The zero-order chi connectivity index (χ0) is 14.6. The predicted molar refractivity (Wildman–Crippen MR) is 87.0 cm³/mol. The molecule has 4 rings (SSSR count). The summed E-state index contributed by atoms with van der Waals surface area (Å²) in [6.45, 7) is 3.05. The summed E-state index contributed by atoms with van der Waals surface area (Å²) in [5, 5.41) is 13.1. The quantitative estimate of drug-likeness (QED) is 0.943. The highest BCUT2D eigenvalue weighted by atomic mass is 32.2. The number of aliphatic hydroxyl groups is 1. The van der Waals surface area contributed by atoms with Gasteiger partial charge in [-0.05, 0) is 49.1 Å². The molecule has 1 saturated heterocycles. The number of rotatable bonds is 3. The van der Waals surface area contributed by atoms with Crippen LogP contribution in [0.5, 0.6) is 0 Å². The average molecular weight is 321 g/mol. The number of nitrogens with zero attached hydrogens (tertiary/aromatic N) is 1. The first-order chi connectivity index (χ1) is 10.1. The third-order valence-electron chi connectivity index (χ3n) is 5.06. The number of thiophene rings is 2. The van der Waals surface area contributed by atoms with E-state index < -0.39 is 0 Å². The molecule has 0 spiro atoms. The highest BCUT2D eigenvalue weighted by Crippen LogP contribution is 2.53. The molecule has 1 aliphatic carbocycles. The predicted octanol–water partition coefficient (Wildman–Crippen LogP) is 3.19. The van der Waals surface area contributed by atoms with Crippen LogP contribution in [0.25, 0.3) is 9.40 Å². The Balaban J connectivity index is 1.58. The molecule has 1 N–H and O–H groups in total. The summed E-state index contributed by atoms with van der Waals surface area (Å²) in [5.74, 6) is 0.723. The molecule has 0 radical (unpaired) electrons. The molecule has 2 atom stereocenters. The molecule has 0 aromatic carbocycles. The number of likely N-dealkylation sites (tertiary alicyclic amines) is 1. The van der Waals surface area contributed by atoms with Crippen LogP contribution in [0.1, 0.15) is 29.7 Å². The van der Waals surface area contributed by atoms with E-state index >= 15 is 0 Å². The molecule has 2 aliphatic rings. The second-order valence-electron chi connectivity index (χ2n) is 6.35. The second kappa shape index (κ2) is 4.80. The van der Waals surface area contributed by atoms with Crippen molar-refractivity contribution in [1.29, 1.82) is 0 Å². The maximum atomic E-state index is 12.7. The van der Waals surface area contributed by atoms with E-state index in [-0.39, 0.29) is 18.1 Å². The lowest BCUT2D eigenvalue weighted by Crippen LogP contribution is -2.49. The number of fused-ring (bicyclic) bond motifs is 2. The summed E-state index contributed by atoms with van der Waals surface area (Å²) in [7, 11) is 0. The van der Waals surface area contributed by atoms with Gasteiger partial charge >= 0.3 is 0 Å². The molecule has 21 heavy (non-hydrogen) atoms. The van der Waals surface area contributed by atoms with Crippen molar-refractivity contribution in [2.24, 2.45) is 5.92 Å². The molecule has 3 heterocycles. The zero-order valence-corrected chi connectivity index (χ0v) is 13.7. The third-order valence-corrected chi connectivity index (χ3v) is 7.28. The van der Waals surface area contributed by atoms with Gasteiger partial charge in [0.25, 0.3) is 0 Å². The molecule has 1 aliphatic heterocycles. The zero-order valence-electron chi connectivity index (χ0n) is 12.1. The van der Waals surface area contributed by atoms with Crippen LogP contribution in [0.2, 0.25) is 0 Å². The molecule has 1 amide bonds. The maximum absolute atomic E-state index is 12.7. The SMILES string of the molecule is Cc1cc2c(CC(=O)N3CCC[C@@H]4C[C@@]43CO)csc2s1. The lowest BCUT2D eigenvalue weighted by Gasteiger charge is -2.35. The van der Waals surface area contributed by atoms with Gasteiger partial charge in [-0.3, -0.25) is 4.79 Å². The van der Waals surface area contributed by atoms with Crippen molar-refractivity contribution < 1.29 is 9.90 Å². The van der Waals surface area contributed by atoms with Crippen molar-refractivity contribution in [3.8, 4) is 0 Å². The Morgan fingerprint density at radius 3 is 3.24 bits per heavy atom. The van der Waals surface area contributed by atoms with E-state index in [0.717, 1.165) is 31.4 Å². The molecule has 112 valence electrons. The van der Waals surface area contributed by atoms with Gasteiger partial charge < -0.3 is 10.0 Å². The Hall–Kier alpha value is -0.910. The highest BCUT2D eigenvalue weighted by molar-refractivity contribution is 7.37. The minimum Gasteiger partial charge on any atom is -0.394 e. The summed E-state index contributed by atoms with van der Waals surface area (Å²) in [6, 6.07) is 2.19. The Bertz CT molecular complexity index is 704. The summed E-state index contributed by atoms with van der Waals surface area (Å²) in [5.41, 5.74) is 0.940. The molecule has 2 aromatic rings. The number of carbonyl (C=O) groups excluding carboxylic acids is 1. The fraction of sp³-hybridized carbons (Fsp3) is 0.562. The minimum atomic E-state index is -0.213. The van der Waals surface area contributed by atoms with Crippen LogP contribution in [0.15, 0.2) is 11.4 Å². The summed E-state index contributed by atoms with van der Waals surface area (Å²) in [6.07, 6.45) is 3.71. The molecular weight excluding hydrogens is 302 g/mol. The average Bonchev–Trinajstić information content (AvgIpc) is 2.96. The summed E-state index contributed by atoms with van der Waals surface area (Å²) in [4.78, 5) is 16.0. The van der Waals surface area contributed by atoms with Crippen molar-refractivity contribution in [2.45, 2.75) is 38.1 Å². The first kappa shape index (κ1) is 13.7.